The lowest BCUT2D eigenvalue weighted by atomic mass is 9.87. The van der Waals surface area contributed by atoms with Gasteiger partial charge in [0.1, 0.15) is 5.58 Å². The molecule has 2 heteroatoms. The second-order valence-corrected chi connectivity index (χ2v) is 16.8. The molecule has 11 aromatic carbocycles. The van der Waals surface area contributed by atoms with Crippen LogP contribution >= 0.6 is 0 Å². The molecule has 0 atom stereocenters. The van der Waals surface area contributed by atoms with E-state index in [-0.39, 0.29) is 0 Å². The number of fused-ring (bicyclic) bond motifs is 4. The highest BCUT2D eigenvalue weighted by atomic mass is 16.3. The SMILES string of the molecule is c1ccc(-c2ccccc2-c2ccccc2-c2ccccc2-c2ccc(N(c3ccc(-c4ccc(-c5cccc6ccccc56)cc4)cc3)c3cccc4c3oc3ccccc34)cc2)cc1. The van der Waals surface area contributed by atoms with Crippen molar-refractivity contribution in [1.29, 1.82) is 0 Å². The lowest BCUT2D eigenvalue weighted by Gasteiger charge is -2.26. The van der Waals surface area contributed by atoms with Crippen LogP contribution < -0.4 is 4.90 Å². The molecule has 0 N–H and O–H groups in total. The second-order valence-electron chi connectivity index (χ2n) is 16.8. The van der Waals surface area contributed by atoms with E-state index < -0.39 is 0 Å². The molecular weight excluding hydrogens is 799 g/mol. The zero-order chi connectivity index (χ0) is 43.8. The lowest BCUT2D eigenvalue weighted by molar-refractivity contribution is 0.669. The van der Waals surface area contributed by atoms with Gasteiger partial charge in [-0.05, 0) is 114 Å². The number of hydrogen-bond donors (Lipinski definition) is 0. The van der Waals surface area contributed by atoms with Crippen molar-refractivity contribution in [2.75, 3.05) is 4.90 Å². The van der Waals surface area contributed by atoms with E-state index in [2.05, 4.69) is 260 Å². The predicted molar refractivity (Wildman–Crippen MR) is 279 cm³/mol. The molecule has 0 aliphatic carbocycles. The van der Waals surface area contributed by atoms with Gasteiger partial charge in [0.25, 0.3) is 0 Å². The summed E-state index contributed by atoms with van der Waals surface area (Å²) in [5.74, 6) is 0. The zero-order valence-corrected chi connectivity index (χ0v) is 36.2. The first-order valence-electron chi connectivity index (χ1n) is 22.6. The zero-order valence-electron chi connectivity index (χ0n) is 36.2. The van der Waals surface area contributed by atoms with Crippen LogP contribution in [0, 0.1) is 0 Å². The average molecular weight is 842 g/mol. The molecule has 2 nitrogen and oxygen atoms in total. The molecule has 0 saturated heterocycles. The maximum Gasteiger partial charge on any atom is 0.159 e. The first-order chi connectivity index (χ1) is 32.7. The molecule has 0 spiro atoms. The predicted octanol–water partition coefficient (Wildman–Crippen LogP) is 18.2. The summed E-state index contributed by atoms with van der Waals surface area (Å²) in [4.78, 5) is 2.32. The van der Waals surface area contributed by atoms with E-state index in [0.29, 0.717) is 0 Å². The van der Waals surface area contributed by atoms with E-state index in [4.69, 9.17) is 4.42 Å². The maximum absolute atomic E-state index is 6.68. The number of para-hydroxylation sites is 2. The molecule has 0 aliphatic rings. The third-order valence-corrected chi connectivity index (χ3v) is 13.0. The van der Waals surface area contributed by atoms with E-state index in [9.17, 15) is 0 Å². The van der Waals surface area contributed by atoms with Crippen molar-refractivity contribution >= 4 is 49.8 Å². The largest absolute Gasteiger partial charge is 0.454 e. The molecule has 0 bridgehead atoms. The van der Waals surface area contributed by atoms with E-state index in [1.807, 2.05) is 6.07 Å². The smallest absolute Gasteiger partial charge is 0.159 e. The fourth-order valence-corrected chi connectivity index (χ4v) is 9.76. The Morgan fingerprint density at radius 2 is 0.636 bits per heavy atom. The number of benzene rings is 11. The van der Waals surface area contributed by atoms with Crippen molar-refractivity contribution in [2.24, 2.45) is 0 Å². The van der Waals surface area contributed by atoms with Gasteiger partial charge in [-0.3, -0.25) is 0 Å². The molecule has 0 fully saturated rings. The summed E-state index contributed by atoms with van der Waals surface area (Å²) >= 11 is 0. The number of rotatable bonds is 9. The Hall–Kier alpha value is -8.72. The first kappa shape index (κ1) is 38.9. The standard InChI is InChI=1S/C64H43NO/c1-2-16-46(17-3-1)54-21-6-8-23-56(54)58-25-10-11-26-59(58)57-24-9-7-22-55(57)49-38-42-51(43-39-49)65(62-30-15-29-61-60-27-12-13-31-63(60)66-64(61)62)50-40-36-45(37-41-50)44-32-34-48(35-33-44)53-28-14-19-47-18-4-5-20-52(47)53/h1-43H. The third kappa shape index (κ3) is 7.02. The Kier molecular flexibility index (Phi) is 9.89. The highest BCUT2D eigenvalue weighted by molar-refractivity contribution is 6.10. The normalized spacial score (nSPS) is 11.3. The van der Waals surface area contributed by atoms with Gasteiger partial charge in [0.2, 0.25) is 0 Å². The minimum absolute atomic E-state index is 0.855. The van der Waals surface area contributed by atoms with Gasteiger partial charge in [0.15, 0.2) is 5.58 Å². The molecule has 0 aliphatic heterocycles. The summed E-state index contributed by atoms with van der Waals surface area (Å²) in [5.41, 5.74) is 19.1. The van der Waals surface area contributed by atoms with E-state index in [1.165, 1.54) is 66.4 Å². The maximum atomic E-state index is 6.68. The third-order valence-electron chi connectivity index (χ3n) is 13.0. The van der Waals surface area contributed by atoms with Gasteiger partial charge >= 0.3 is 0 Å². The van der Waals surface area contributed by atoms with Crippen molar-refractivity contribution in [3.8, 4) is 66.8 Å². The molecule has 0 amide bonds. The number of nitrogens with zero attached hydrogens (tertiary/aromatic N) is 1. The van der Waals surface area contributed by atoms with Crippen molar-refractivity contribution < 1.29 is 4.42 Å². The van der Waals surface area contributed by atoms with Gasteiger partial charge < -0.3 is 9.32 Å². The van der Waals surface area contributed by atoms with Gasteiger partial charge in [0.05, 0.1) is 5.69 Å². The van der Waals surface area contributed by atoms with Crippen LogP contribution in [-0.2, 0) is 0 Å². The molecule has 310 valence electrons. The van der Waals surface area contributed by atoms with Crippen molar-refractivity contribution in [2.45, 2.75) is 0 Å². The van der Waals surface area contributed by atoms with Crippen LogP contribution in [0.25, 0.3) is 99.5 Å². The van der Waals surface area contributed by atoms with Gasteiger partial charge in [-0.2, -0.15) is 0 Å². The molecule has 12 aromatic rings. The molecule has 1 aromatic heterocycles. The van der Waals surface area contributed by atoms with E-state index >= 15 is 0 Å². The quantitative estimate of drug-likeness (QED) is 0.144. The Morgan fingerprint density at radius 1 is 0.242 bits per heavy atom. The second kappa shape index (κ2) is 16.8. The molecule has 0 saturated carbocycles. The van der Waals surface area contributed by atoms with Crippen LogP contribution in [0.2, 0.25) is 0 Å². The van der Waals surface area contributed by atoms with Crippen molar-refractivity contribution in [1.82, 2.24) is 0 Å². The fourth-order valence-electron chi connectivity index (χ4n) is 9.76. The Balaban J connectivity index is 0.927. The fraction of sp³-hybridized carbons (Fsp3) is 0. The number of furan rings is 1. The summed E-state index contributed by atoms with van der Waals surface area (Å²) < 4.78 is 6.68. The van der Waals surface area contributed by atoms with Crippen LogP contribution in [0.4, 0.5) is 17.1 Å². The summed E-state index contributed by atoms with van der Waals surface area (Å²) in [5, 5.41) is 4.71. The van der Waals surface area contributed by atoms with Crippen LogP contribution in [0.5, 0.6) is 0 Å². The molecule has 66 heavy (non-hydrogen) atoms. The number of anilines is 3. The minimum Gasteiger partial charge on any atom is -0.454 e. The Labute approximate surface area is 384 Å². The summed E-state index contributed by atoms with van der Waals surface area (Å²) in [6.45, 7) is 0. The molecular formula is C64H43NO. The van der Waals surface area contributed by atoms with Gasteiger partial charge in [-0.15, -0.1) is 0 Å². The average Bonchev–Trinajstić information content (AvgIpc) is 3.79. The molecule has 0 unspecified atom stereocenters. The summed E-state index contributed by atoms with van der Waals surface area (Å²) in [6, 6.07) is 93.7. The highest BCUT2D eigenvalue weighted by Gasteiger charge is 2.21. The van der Waals surface area contributed by atoms with Gasteiger partial charge in [-0.1, -0.05) is 224 Å². The van der Waals surface area contributed by atoms with Crippen molar-refractivity contribution in [3.63, 3.8) is 0 Å². The minimum atomic E-state index is 0.855. The summed E-state index contributed by atoms with van der Waals surface area (Å²) in [7, 11) is 0. The topological polar surface area (TPSA) is 16.4 Å². The van der Waals surface area contributed by atoms with Crippen LogP contribution in [0.3, 0.4) is 0 Å². The Bertz CT molecular complexity index is 3670. The molecule has 0 radical (unpaired) electrons. The van der Waals surface area contributed by atoms with Crippen LogP contribution in [-0.4, -0.2) is 0 Å². The molecule has 12 rings (SSSR count). The number of hydrogen-bond acceptors (Lipinski definition) is 2. The van der Waals surface area contributed by atoms with Gasteiger partial charge in [-0.25, -0.2) is 0 Å². The Morgan fingerprint density at radius 3 is 1.27 bits per heavy atom. The van der Waals surface area contributed by atoms with E-state index in [1.54, 1.807) is 0 Å². The lowest BCUT2D eigenvalue weighted by Crippen LogP contribution is -2.10. The van der Waals surface area contributed by atoms with Gasteiger partial charge in [0, 0.05) is 22.1 Å². The first-order valence-corrected chi connectivity index (χ1v) is 22.6. The van der Waals surface area contributed by atoms with Crippen molar-refractivity contribution in [3.05, 3.63) is 261 Å². The highest BCUT2D eigenvalue weighted by Crippen LogP contribution is 2.45. The van der Waals surface area contributed by atoms with Crippen LogP contribution in [0.15, 0.2) is 265 Å². The molecule has 1 heterocycles. The van der Waals surface area contributed by atoms with Crippen LogP contribution in [0.1, 0.15) is 0 Å². The van der Waals surface area contributed by atoms with E-state index in [0.717, 1.165) is 50.1 Å². The monoisotopic (exact) mass is 841 g/mol. The summed E-state index contributed by atoms with van der Waals surface area (Å²) in [6.07, 6.45) is 0.